The Kier molecular flexibility index (Phi) is 8.63. The molecule has 6 aromatic carbocycles. The third-order valence-electron chi connectivity index (χ3n) is 12.4. The molecular formula is C57H33N9. The fraction of sp³-hybridized carbons (Fsp3) is 0. The fourth-order valence-corrected chi connectivity index (χ4v) is 9.21. The first kappa shape index (κ1) is 37.4. The van der Waals surface area contributed by atoms with Gasteiger partial charge in [0, 0.05) is 86.2 Å². The second-order valence-corrected chi connectivity index (χ2v) is 16.2. The summed E-state index contributed by atoms with van der Waals surface area (Å²) in [6.07, 6.45) is 10.9. The Morgan fingerprint density at radius 2 is 0.470 bits per heavy atom. The molecule has 0 saturated carbocycles. The van der Waals surface area contributed by atoms with Gasteiger partial charge in [-0.3, -0.25) is 29.9 Å². The molecule has 0 aliphatic heterocycles. The molecule has 0 amide bonds. The maximum Gasteiger partial charge on any atom is 0.164 e. The van der Waals surface area contributed by atoms with Crippen LogP contribution in [0.5, 0.6) is 0 Å². The highest BCUT2D eigenvalue weighted by Gasteiger charge is 2.17. The number of benzene rings is 6. The van der Waals surface area contributed by atoms with Gasteiger partial charge in [-0.2, -0.15) is 0 Å². The molecule has 0 aliphatic rings. The predicted molar refractivity (Wildman–Crippen MR) is 264 cm³/mol. The molecule has 0 fully saturated rings. The molecule has 0 saturated heterocycles. The van der Waals surface area contributed by atoms with Gasteiger partial charge in [0.15, 0.2) is 17.5 Å². The van der Waals surface area contributed by atoms with Gasteiger partial charge < -0.3 is 0 Å². The van der Waals surface area contributed by atoms with Crippen molar-refractivity contribution >= 4 is 65.4 Å². The molecule has 13 rings (SSSR count). The van der Waals surface area contributed by atoms with E-state index in [-0.39, 0.29) is 0 Å². The van der Waals surface area contributed by atoms with E-state index in [2.05, 4.69) is 142 Å². The number of hydrogen-bond acceptors (Lipinski definition) is 9. The van der Waals surface area contributed by atoms with Crippen molar-refractivity contribution in [2.45, 2.75) is 0 Å². The van der Waals surface area contributed by atoms with Gasteiger partial charge in [-0.25, -0.2) is 15.0 Å². The number of hydrogen-bond donors (Lipinski definition) is 0. The zero-order valence-corrected chi connectivity index (χ0v) is 35.1. The van der Waals surface area contributed by atoms with Gasteiger partial charge in [0.05, 0.1) is 33.1 Å². The van der Waals surface area contributed by atoms with Crippen LogP contribution in [-0.4, -0.2) is 44.9 Å². The Bertz CT molecular complexity index is 3610. The van der Waals surface area contributed by atoms with Gasteiger partial charge in [0.2, 0.25) is 0 Å². The van der Waals surface area contributed by atoms with Gasteiger partial charge >= 0.3 is 0 Å². The molecular weight excluding hydrogens is 811 g/mol. The van der Waals surface area contributed by atoms with Crippen LogP contribution in [0.3, 0.4) is 0 Å². The van der Waals surface area contributed by atoms with E-state index in [0.29, 0.717) is 17.5 Å². The molecule has 0 radical (unpaired) electrons. The van der Waals surface area contributed by atoms with Crippen molar-refractivity contribution in [1.29, 1.82) is 0 Å². The van der Waals surface area contributed by atoms with E-state index in [9.17, 15) is 0 Å². The summed E-state index contributed by atoms with van der Waals surface area (Å²) in [4.78, 5) is 43.6. The van der Waals surface area contributed by atoms with Crippen molar-refractivity contribution in [3.63, 3.8) is 0 Å². The molecule has 0 atom stereocenters. The maximum atomic E-state index is 5.14. The molecule has 9 nitrogen and oxygen atoms in total. The standard InChI is InChI=1S/C57H33N9/c1-7-40-31-46(43-10-4-28-61-52(43)49(40)58-25-1)34-13-19-37(20-14-34)55-64-56(38-21-15-35(16-22-38)47-32-41-8-2-26-59-50(41)53-44(47)11-5-29-62-53)66-57(65-55)39-23-17-36(18-24-39)48-33-42-9-3-27-60-51(42)54-45(48)12-6-30-63-54/h1-33H. The van der Waals surface area contributed by atoms with E-state index in [1.807, 2.05) is 73.6 Å². The van der Waals surface area contributed by atoms with E-state index >= 15 is 0 Å². The van der Waals surface area contributed by atoms with Crippen LogP contribution in [0.4, 0.5) is 0 Å². The van der Waals surface area contributed by atoms with Gasteiger partial charge in [0.1, 0.15) is 0 Å². The summed E-state index contributed by atoms with van der Waals surface area (Å²) in [5.41, 5.74) is 14.3. The van der Waals surface area contributed by atoms with Gasteiger partial charge in [-0.05, 0) is 88.0 Å². The van der Waals surface area contributed by atoms with E-state index in [4.69, 9.17) is 29.9 Å². The number of rotatable bonds is 6. The largest absolute Gasteiger partial charge is 0.254 e. The van der Waals surface area contributed by atoms with E-state index < -0.39 is 0 Å². The zero-order valence-electron chi connectivity index (χ0n) is 35.1. The van der Waals surface area contributed by atoms with Crippen LogP contribution in [0, 0.1) is 0 Å². The van der Waals surface area contributed by atoms with Crippen LogP contribution in [0.1, 0.15) is 0 Å². The normalized spacial score (nSPS) is 11.6. The predicted octanol–water partition coefficient (Wildman–Crippen LogP) is 13.2. The van der Waals surface area contributed by atoms with Crippen molar-refractivity contribution < 1.29 is 0 Å². The minimum Gasteiger partial charge on any atom is -0.254 e. The van der Waals surface area contributed by atoms with Crippen LogP contribution in [0.25, 0.3) is 133 Å². The SMILES string of the molecule is c1cnc2c(c1)cc(-c1ccc(-c3nc(-c4ccc(-c5cc6cccnc6c6ncccc56)cc4)nc(-c4ccc(-c5cc6cccnc6c6ncccc56)cc4)n3)cc1)c1cccnc12. The lowest BCUT2D eigenvalue weighted by Gasteiger charge is -2.12. The Hall–Kier alpha value is -9.21. The van der Waals surface area contributed by atoms with Crippen molar-refractivity contribution in [3.05, 3.63) is 201 Å². The molecule has 306 valence electrons. The lowest BCUT2D eigenvalue weighted by Crippen LogP contribution is -2.00. The van der Waals surface area contributed by atoms with Crippen LogP contribution >= 0.6 is 0 Å². The quantitative estimate of drug-likeness (QED) is 0.151. The smallest absolute Gasteiger partial charge is 0.164 e. The first-order valence-corrected chi connectivity index (χ1v) is 21.7. The summed E-state index contributed by atoms with van der Waals surface area (Å²) in [5.74, 6) is 1.71. The second-order valence-electron chi connectivity index (χ2n) is 16.2. The molecule has 7 aromatic heterocycles. The Balaban J connectivity index is 0.922. The molecule has 0 aliphatic carbocycles. The van der Waals surface area contributed by atoms with Crippen molar-refractivity contribution in [1.82, 2.24) is 44.9 Å². The van der Waals surface area contributed by atoms with Crippen molar-refractivity contribution in [2.24, 2.45) is 0 Å². The molecule has 0 bridgehead atoms. The third kappa shape index (κ3) is 6.29. The van der Waals surface area contributed by atoms with Crippen molar-refractivity contribution in [2.75, 3.05) is 0 Å². The zero-order chi connectivity index (χ0) is 43.6. The summed E-state index contributed by atoms with van der Waals surface area (Å²) in [5, 5.41) is 6.25. The topological polar surface area (TPSA) is 116 Å². The number of fused-ring (bicyclic) bond motifs is 9. The fourth-order valence-electron chi connectivity index (χ4n) is 9.21. The Morgan fingerprint density at radius 1 is 0.227 bits per heavy atom. The van der Waals surface area contributed by atoms with Gasteiger partial charge in [-0.1, -0.05) is 109 Å². The van der Waals surface area contributed by atoms with E-state index in [0.717, 1.165) is 115 Å². The average molecular weight is 844 g/mol. The van der Waals surface area contributed by atoms with E-state index in [1.165, 1.54) is 0 Å². The van der Waals surface area contributed by atoms with Crippen LogP contribution in [0.15, 0.2) is 201 Å². The summed E-state index contributed by atoms with van der Waals surface area (Å²) in [7, 11) is 0. The minimum absolute atomic E-state index is 0.571. The molecule has 9 heteroatoms. The highest BCUT2D eigenvalue weighted by molar-refractivity contribution is 6.12. The molecule has 13 aromatic rings. The summed E-state index contributed by atoms with van der Waals surface area (Å²) < 4.78 is 0. The highest BCUT2D eigenvalue weighted by atomic mass is 15.0. The van der Waals surface area contributed by atoms with E-state index in [1.54, 1.807) is 0 Å². The number of aromatic nitrogens is 9. The number of nitrogens with zero attached hydrogens (tertiary/aromatic N) is 9. The molecule has 7 heterocycles. The monoisotopic (exact) mass is 843 g/mol. The summed E-state index contributed by atoms with van der Waals surface area (Å²) >= 11 is 0. The first-order chi connectivity index (χ1) is 32.7. The maximum absolute atomic E-state index is 5.14. The highest BCUT2D eigenvalue weighted by Crippen LogP contribution is 2.38. The van der Waals surface area contributed by atoms with Crippen LogP contribution in [0.2, 0.25) is 0 Å². The molecule has 66 heavy (non-hydrogen) atoms. The summed E-state index contributed by atoms with van der Waals surface area (Å²) in [6.45, 7) is 0. The number of pyridine rings is 6. The van der Waals surface area contributed by atoms with Gasteiger partial charge in [-0.15, -0.1) is 0 Å². The van der Waals surface area contributed by atoms with Crippen molar-refractivity contribution in [3.8, 4) is 67.5 Å². The average Bonchev–Trinajstić information content (AvgIpc) is 3.40. The minimum atomic E-state index is 0.571. The lowest BCUT2D eigenvalue weighted by molar-refractivity contribution is 1.07. The first-order valence-electron chi connectivity index (χ1n) is 21.7. The molecule has 0 spiro atoms. The second kappa shape index (κ2) is 15.3. The Morgan fingerprint density at radius 3 is 0.758 bits per heavy atom. The van der Waals surface area contributed by atoms with Gasteiger partial charge in [0.25, 0.3) is 0 Å². The third-order valence-corrected chi connectivity index (χ3v) is 12.4. The van der Waals surface area contributed by atoms with Crippen LogP contribution < -0.4 is 0 Å². The molecule has 0 unspecified atom stereocenters. The Labute approximate surface area is 377 Å². The molecule has 0 N–H and O–H groups in total. The van der Waals surface area contributed by atoms with Crippen LogP contribution in [-0.2, 0) is 0 Å². The lowest BCUT2D eigenvalue weighted by atomic mass is 9.96. The summed E-state index contributed by atoms with van der Waals surface area (Å²) in [6, 6.07) is 56.2.